The maximum atomic E-state index is 12.9. The topological polar surface area (TPSA) is 146 Å². The van der Waals surface area contributed by atoms with Crippen LogP contribution in [0.4, 0.5) is 0 Å². The molecule has 40 heavy (non-hydrogen) atoms. The Morgan fingerprint density at radius 1 is 1.12 bits per heavy atom. The highest BCUT2D eigenvalue weighted by molar-refractivity contribution is 6.23. The number of halogens is 1. The van der Waals surface area contributed by atoms with Crippen LogP contribution in [0.15, 0.2) is 12.2 Å². The van der Waals surface area contributed by atoms with Crippen LogP contribution in [0, 0.1) is 23.2 Å². The smallest absolute Gasteiger partial charge is 0.312 e. The first-order chi connectivity index (χ1) is 18.4. The molecule has 1 aliphatic heterocycles. The van der Waals surface area contributed by atoms with E-state index in [1.807, 2.05) is 0 Å². The fourth-order valence-electron chi connectivity index (χ4n) is 6.73. The lowest BCUT2D eigenvalue weighted by Crippen LogP contribution is -2.71. The van der Waals surface area contributed by atoms with Gasteiger partial charge in [0.05, 0.1) is 17.2 Å². The quantitative estimate of drug-likeness (QED) is 0.213. The van der Waals surface area contributed by atoms with Gasteiger partial charge in [-0.15, -0.1) is 11.6 Å². The maximum absolute atomic E-state index is 12.9. The minimum Gasteiger partial charge on any atom is -0.462 e. The first kappa shape index (κ1) is 32.3. The molecular weight excluding hydrogens is 544 g/mol. The van der Waals surface area contributed by atoms with Crippen LogP contribution in [-0.4, -0.2) is 75.1 Å². The van der Waals surface area contributed by atoms with E-state index < -0.39 is 88.0 Å². The molecule has 226 valence electrons. The summed E-state index contributed by atoms with van der Waals surface area (Å²) >= 11 is 6.77. The summed E-state index contributed by atoms with van der Waals surface area (Å²) in [6, 6.07) is 0. The molecule has 3 aliphatic rings. The molecule has 0 aromatic heterocycles. The van der Waals surface area contributed by atoms with Gasteiger partial charge in [0.25, 0.3) is 0 Å². The Morgan fingerprint density at radius 2 is 1.75 bits per heavy atom. The highest BCUT2D eigenvalue weighted by atomic mass is 35.5. The van der Waals surface area contributed by atoms with E-state index in [9.17, 15) is 29.4 Å². The van der Waals surface area contributed by atoms with E-state index in [2.05, 4.69) is 6.58 Å². The molecule has 0 radical (unpaired) electrons. The molecule has 3 fully saturated rings. The molecule has 0 aromatic carbocycles. The van der Waals surface area contributed by atoms with Crippen molar-refractivity contribution in [2.75, 3.05) is 0 Å². The van der Waals surface area contributed by atoms with Crippen molar-refractivity contribution in [2.45, 2.75) is 122 Å². The van der Waals surface area contributed by atoms with Crippen LogP contribution in [0.1, 0.15) is 80.6 Å². The third kappa shape index (κ3) is 5.51. The molecule has 3 rings (SSSR count). The summed E-state index contributed by atoms with van der Waals surface area (Å²) in [6.45, 7) is 14.9. The van der Waals surface area contributed by atoms with E-state index in [4.69, 9.17) is 30.5 Å². The van der Waals surface area contributed by atoms with Crippen LogP contribution in [0.5, 0.6) is 0 Å². The number of hydrogen-bond donors (Lipinski definition) is 2. The number of carbonyl (C=O) groups is 4. The molecule has 0 bridgehead atoms. The summed E-state index contributed by atoms with van der Waals surface area (Å²) in [5.41, 5.74) is -4.81. The van der Waals surface area contributed by atoms with E-state index in [1.54, 1.807) is 27.7 Å². The summed E-state index contributed by atoms with van der Waals surface area (Å²) in [6.07, 6.45) is -3.72. The van der Waals surface area contributed by atoms with Gasteiger partial charge < -0.3 is 29.2 Å². The first-order valence-electron chi connectivity index (χ1n) is 14.0. The van der Waals surface area contributed by atoms with Gasteiger partial charge in [0.2, 0.25) is 0 Å². The van der Waals surface area contributed by atoms with Gasteiger partial charge >= 0.3 is 23.9 Å². The van der Waals surface area contributed by atoms with Gasteiger partial charge in [-0.2, -0.15) is 0 Å². The molecule has 2 N–H and O–H groups in total. The highest BCUT2D eigenvalue weighted by Crippen LogP contribution is 2.58. The third-order valence-electron chi connectivity index (χ3n) is 9.15. The second kappa shape index (κ2) is 11.6. The Morgan fingerprint density at radius 3 is 2.30 bits per heavy atom. The highest BCUT2D eigenvalue weighted by Gasteiger charge is 2.71. The molecule has 0 amide bonds. The van der Waals surface area contributed by atoms with Crippen LogP contribution >= 0.6 is 11.6 Å². The fourth-order valence-corrected chi connectivity index (χ4v) is 7.09. The van der Waals surface area contributed by atoms with Crippen molar-refractivity contribution in [3.63, 3.8) is 0 Å². The summed E-state index contributed by atoms with van der Waals surface area (Å²) in [5.74, 6) is -5.44. The Balaban J connectivity index is 2.32. The maximum Gasteiger partial charge on any atom is 0.312 e. The average Bonchev–Trinajstić information content (AvgIpc) is 3.10. The Hall–Kier alpha value is -2.17. The van der Waals surface area contributed by atoms with E-state index in [-0.39, 0.29) is 32.1 Å². The molecule has 1 unspecified atom stereocenters. The van der Waals surface area contributed by atoms with Crippen molar-refractivity contribution in [1.29, 1.82) is 0 Å². The molecule has 2 saturated carbocycles. The summed E-state index contributed by atoms with van der Waals surface area (Å²) in [5, 5.41) is 23.7. The number of rotatable bonds is 5. The molecule has 10 nitrogen and oxygen atoms in total. The molecule has 1 heterocycles. The van der Waals surface area contributed by atoms with Gasteiger partial charge in [-0.1, -0.05) is 39.8 Å². The monoisotopic (exact) mass is 586 g/mol. The molecule has 11 heteroatoms. The lowest BCUT2D eigenvalue weighted by atomic mass is 9.52. The van der Waals surface area contributed by atoms with E-state index >= 15 is 0 Å². The average molecular weight is 587 g/mol. The predicted octanol–water partition coefficient (Wildman–Crippen LogP) is 3.23. The van der Waals surface area contributed by atoms with Crippen LogP contribution in [-0.2, 0) is 38.1 Å². The summed E-state index contributed by atoms with van der Waals surface area (Å²) in [4.78, 5) is 50.9. The second-order valence-corrected chi connectivity index (χ2v) is 12.7. The van der Waals surface area contributed by atoms with Gasteiger partial charge in [-0.25, -0.2) is 0 Å². The van der Waals surface area contributed by atoms with Crippen LogP contribution in [0.2, 0.25) is 0 Å². The van der Waals surface area contributed by atoms with Crippen LogP contribution in [0.25, 0.3) is 0 Å². The van der Waals surface area contributed by atoms with Crippen molar-refractivity contribution in [3.8, 4) is 0 Å². The molecule has 10 atom stereocenters. The van der Waals surface area contributed by atoms with E-state index in [0.717, 1.165) is 6.92 Å². The Labute approximate surface area is 240 Å². The molecule has 0 spiro atoms. The summed E-state index contributed by atoms with van der Waals surface area (Å²) in [7, 11) is 0. The number of ether oxygens (including phenoxy) is 4. The molecule has 2 aliphatic carbocycles. The number of fused-ring (bicyclic) bond motifs is 2. The Bertz CT molecular complexity index is 1040. The zero-order valence-electron chi connectivity index (χ0n) is 24.4. The number of carbonyl (C=O) groups excluding carboxylic acids is 4. The van der Waals surface area contributed by atoms with Gasteiger partial charge in [-0.05, 0) is 39.5 Å². The van der Waals surface area contributed by atoms with Crippen molar-refractivity contribution < 1.29 is 48.3 Å². The fraction of sp³-hybridized carbons (Fsp3) is 0.793. The first-order valence-corrected chi connectivity index (χ1v) is 14.4. The van der Waals surface area contributed by atoms with Crippen molar-refractivity contribution in [2.24, 2.45) is 23.2 Å². The number of esters is 4. The normalized spacial score (nSPS) is 41.8. The van der Waals surface area contributed by atoms with Crippen molar-refractivity contribution >= 4 is 35.5 Å². The predicted molar refractivity (Wildman–Crippen MR) is 144 cm³/mol. The largest absolute Gasteiger partial charge is 0.462 e. The molecular formula is C29H43ClO10. The van der Waals surface area contributed by atoms with Gasteiger partial charge in [0, 0.05) is 24.7 Å². The van der Waals surface area contributed by atoms with Crippen molar-refractivity contribution in [1.82, 2.24) is 0 Å². The second-order valence-electron chi connectivity index (χ2n) is 12.3. The number of aliphatic hydroxyl groups is 2. The van der Waals surface area contributed by atoms with Crippen LogP contribution < -0.4 is 0 Å². The van der Waals surface area contributed by atoms with Crippen LogP contribution in [0.3, 0.4) is 0 Å². The van der Waals surface area contributed by atoms with E-state index in [0.29, 0.717) is 5.57 Å². The molecule has 0 aromatic rings. The lowest BCUT2D eigenvalue weighted by molar-refractivity contribution is -0.270. The lowest BCUT2D eigenvalue weighted by Gasteiger charge is -2.59. The SMILES string of the molecule is C=C1CC[C@@H](OC(=O)CC)[C@@]2(C)CC[C@H](OC(=O)C(C)C)[C@@](C)(O)[C@@H]2C(OC(C)=O)[C@]2(O)[C@@H](C)C(=O)O[C@H]2[C@H]1Cl. The Kier molecular flexibility index (Phi) is 9.38. The number of hydrogen-bond acceptors (Lipinski definition) is 10. The minimum atomic E-state index is -2.21. The van der Waals surface area contributed by atoms with E-state index in [1.165, 1.54) is 13.8 Å². The van der Waals surface area contributed by atoms with Gasteiger partial charge in [-0.3, -0.25) is 19.2 Å². The van der Waals surface area contributed by atoms with Crippen molar-refractivity contribution in [3.05, 3.63) is 12.2 Å². The third-order valence-corrected chi connectivity index (χ3v) is 9.68. The van der Waals surface area contributed by atoms with Gasteiger partial charge in [0.1, 0.15) is 23.9 Å². The zero-order valence-corrected chi connectivity index (χ0v) is 25.2. The number of alkyl halides is 1. The zero-order chi connectivity index (χ0) is 30.4. The standard InChI is InChI=1S/C29H43ClO10/c1-9-20(32)38-18-11-10-15(4)21(30)23-29(36,16(5)26(34)40-23)24(37-17(6)31)22-27(18,7)13-12-19(28(22,8)35)39-25(33)14(2)3/h14,16,18-19,21-24,35-36H,4,9-13H2,1-3,5-8H3/t16-,18+,19-,21-,22+,23-,24?,27+,28+,29-/m0/s1. The van der Waals surface area contributed by atoms with Gasteiger partial charge in [0.15, 0.2) is 11.7 Å². The summed E-state index contributed by atoms with van der Waals surface area (Å²) < 4.78 is 23.2. The molecule has 1 saturated heterocycles. The minimum absolute atomic E-state index is 0.0973.